The molecule has 0 spiro atoms. The van der Waals surface area contributed by atoms with Crippen LogP contribution in [0.5, 0.6) is 0 Å². The number of likely N-dealkylation sites (N-methyl/N-ethyl adjacent to an activating group) is 1. The summed E-state index contributed by atoms with van der Waals surface area (Å²) in [6.45, 7) is 1.94. The molecule has 0 atom stereocenters. The lowest BCUT2D eigenvalue weighted by Gasteiger charge is -2.40. The highest BCUT2D eigenvalue weighted by Gasteiger charge is 2.45. The van der Waals surface area contributed by atoms with Crippen LogP contribution in [0.3, 0.4) is 0 Å². The number of hydrogen-bond acceptors (Lipinski definition) is 1. The van der Waals surface area contributed by atoms with E-state index in [9.17, 15) is 0 Å². The number of halogens is 2. The van der Waals surface area contributed by atoms with Gasteiger partial charge in [-0.2, -0.15) is 0 Å². The van der Waals surface area contributed by atoms with Crippen molar-refractivity contribution in [3.63, 3.8) is 0 Å². The molecule has 0 aliphatic heterocycles. The molecule has 2 aromatic rings. The average molecular weight is 398 g/mol. The SMILES string of the molecule is CN(CCCc1c(C2(F)CCC2)cccc1C1(F)CCC1)CCc1ccccc1. The fraction of sp³-hybridized carbons (Fsp3) is 0.538. The van der Waals surface area contributed by atoms with Gasteiger partial charge in [0.15, 0.2) is 0 Å². The summed E-state index contributed by atoms with van der Waals surface area (Å²) in [5.41, 5.74) is 1.40. The average Bonchev–Trinajstić information content (AvgIpc) is 2.69. The third-order valence-corrected chi connectivity index (χ3v) is 7.03. The Bertz CT molecular complexity index is 770. The molecule has 0 bridgehead atoms. The van der Waals surface area contributed by atoms with Crippen molar-refractivity contribution in [1.29, 1.82) is 0 Å². The second kappa shape index (κ2) is 8.55. The van der Waals surface area contributed by atoms with E-state index < -0.39 is 11.3 Å². The zero-order valence-corrected chi connectivity index (χ0v) is 17.6. The van der Waals surface area contributed by atoms with E-state index in [0.29, 0.717) is 25.7 Å². The van der Waals surface area contributed by atoms with E-state index in [1.165, 1.54) is 5.56 Å². The molecule has 0 unspecified atom stereocenters. The predicted octanol–water partition coefficient (Wildman–Crippen LogP) is 6.49. The standard InChI is InChI=1S/C26H33F2N/c1-29(20-14-21-9-3-2-4-10-21)19-6-11-22-23(25(27)15-7-16-25)12-5-13-24(22)26(28)17-8-18-26/h2-5,9-10,12-13H,6-8,11,14-20H2,1H3. The van der Waals surface area contributed by atoms with Gasteiger partial charge in [-0.15, -0.1) is 0 Å². The molecule has 0 N–H and O–H groups in total. The van der Waals surface area contributed by atoms with Crippen LogP contribution in [0.15, 0.2) is 48.5 Å². The second-order valence-corrected chi connectivity index (χ2v) is 9.11. The van der Waals surface area contributed by atoms with E-state index in [0.717, 1.165) is 61.9 Å². The molecule has 0 saturated heterocycles. The maximum absolute atomic E-state index is 15.4. The number of rotatable bonds is 9. The molecular weight excluding hydrogens is 364 g/mol. The molecule has 2 aliphatic carbocycles. The lowest BCUT2D eigenvalue weighted by atomic mass is 9.69. The van der Waals surface area contributed by atoms with E-state index in [4.69, 9.17) is 0 Å². The zero-order chi connectivity index (χ0) is 20.3. The van der Waals surface area contributed by atoms with Gasteiger partial charge in [-0.1, -0.05) is 48.5 Å². The lowest BCUT2D eigenvalue weighted by Crippen LogP contribution is -2.34. The van der Waals surface area contributed by atoms with Crippen LogP contribution in [-0.4, -0.2) is 25.0 Å². The summed E-state index contributed by atoms with van der Waals surface area (Å²) in [7, 11) is 2.14. The van der Waals surface area contributed by atoms with E-state index in [1.807, 2.05) is 24.3 Å². The van der Waals surface area contributed by atoms with Crippen LogP contribution < -0.4 is 0 Å². The van der Waals surface area contributed by atoms with Gasteiger partial charge in [0.2, 0.25) is 0 Å². The highest BCUT2D eigenvalue weighted by molar-refractivity contribution is 5.44. The van der Waals surface area contributed by atoms with Crippen LogP contribution in [0.1, 0.15) is 67.2 Å². The summed E-state index contributed by atoms with van der Waals surface area (Å²) in [4.78, 5) is 2.33. The Kier molecular flexibility index (Phi) is 6.06. The number of hydrogen-bond donors (Lipinski definition) is 0. The van der Waals surface area contributed by atoms with Crippen LogP contribution in [0, 0.1) is 0 Å². The van der Waals surface area contributed by atoms with Crippen molar-refractivity contribution >= 4 is 0 Å². The van der Waals surface area contributed by atoms with Crippen molar-refractivity contribution in [2.24, 2.45) is 0 Å². The molecule has 0 radical (unpaired) electrons. The van der Waals surface area contributed by atoms with E-state index in [2.05, 4.69) is 36.2 Å². The molecule has 2 aromatic carbocycles. The predicted molar refractivity (Wildman–Crippen MR) is 116 cm³/mol. The van der Waals surface area contributed by atoms with Gasteiger partial charge in [-0.25, -0.2) is 8.78 Å². The zero-order valence-electron chi connectivity index (χ0n) is 17.6. The van der Waals surface area contributed by atoms with Crippen LogP contribution in [0.2, 0.25) is 0 Å². The fourth-order valence-corrected chi connectivity index (χ4v) is 4.81. The van der Waals surface area contributed by atoms with Crippen LogP contribution in [0.4, 0.5) is 8.78 Å². The number of benzene rings is 2. The van der Waals surface area contributed by atoms with Crippen molar-refractivity contribution in [2.75, 3.05) is 20.1 Å². The summed E-state index contributed by atoms with van der Waals surface area (Å²) in [5, 5.41) is 0. The number of nitrogens with zero attached hydrogens (tertiary/aromatic N) is 1. The van der Waals surface area contributed by atoms with Crippen LogP contribution >= 0.6 is 0 Å². The molecule has 0 amide bonds. The minimum atomic E-state index is -1.23. The lowest BCUT2D eigenvalue weighted by molar-refractivity contribution is 0.0514. The molecular formula is C26H33F2N. The van der Waals surface area contributed by atoms with Crippen LogP contribution in [0.25, 0.3) is 0 Å². The Morgan fingerprint density at radius 1 is 0.759 bits per heavy atom. The molecule has 2 saturated carbocycles. The van der Waals surface area contributed by atoms with Crippen molar-refractivity contribution < 1.29 is 8.78 Å². The molecule has 1 nitrogen and oxygen atoms in total. The summed E-state index contributed by atoms with van der Waals surface area (Å²) in [5.74, 6) is 0. The first kappa shape index (κ1) is 20.5. The molecule has 2 fully saturated rings. The van der Waals surface area contributed by atoms with E-state index in [1.54, 1.807) is 0 Å². The largest absolute Gasteiger partial charge is 0.306 e. The number of alkyl halides is 2. The first-order valence-electron chi connectivity index (χ1n) is 11.2. The molecule has 29 heavy (non-hydrogen) atoms. The molecule has 2 aliphatic rings. The topological polar surface area (TPSA) is 3.24 Å². The minimum absolute atomic E-state index is 0.583. The fourth-order valence-electron chi connectivity index (χ4n) is 4.81. The monoisotopic (exact) mass is 397 g/mol. The van der Waals surface area contributed by atoms with Gasteiger partial charge in [0, 0.05) is 6.54 Å². The molecule has 156 valence electrons. The first-order chi connectivity index (χ1) is 14.0. The molecule has 0 aromatic heterocycles. The summed E-state index contributed by atoms with van der Waals surface area (Å²) >= 11 is 0. The second-order valence-electron chi connectivity index (χ2n) is 9.11. The summed E-state index contributed by atoms with van der Waals surface area (Å²) in [6, 6.07) is 16.2. The Morgan fingerprint density at radius 2 is 1.34 bits per heavy atom. The minimum Gasteiger partial charge on any atom is -0.306 e. The molecule has 4 rings (SSSR count). The molecule has 3 heteroatoms. The highest BCUT2D eigenvalue weighted by atomic mass is 19.1. The van der Waals surface area contributed by atoms with Gasteiger partial charge in [-0.05, 0) is 93.6 Å². The van der Waals surface area contributed by atoms with Gasteiger partial charge in [0.05, 0.1) is 0 Å². The third-order valence-electron chi connectivity index (χ3n) is 7.03. The van der Waals surface area contributed by atoms with Crippen molar-refractivity contribution in [1.82, 2.24) is 4.90 Å². The van der Waals surface area contributed by atoms with Gasteiger partial charge in [0.25, 0.3) is 0 Å². The first-order valence-corrected chi connectivity index (χ1v) is 11.2. The Hall–Kier alpha value is -1.74. The van der Waals surface area contributed by atoms with E-state index >= 15 is 8.78 Å². The van der Waals surface area contributed by atoms with Gasteiger partial charge in [-0.3, -0.25) is 0 Å². The van der Waals surface area contributed by atoms with Crippen molar-refractivity contribution in [3.8, 4) is 0 Å². The quantitative estimate of drug-likeness (QED) is 0.467. The Morgan fingerprint density at radius 3 is 1.86 bits per heavy atom. The third kappa shape index (κ3) is 4.40. The molecule has 0 heterocycles. The van der Waals surface area contributed by atoms with Crippen molar-refractivity contribution in [3.05, 3.63) is 70.8 Å². The smallest absolute Gasteiger partial charge is 0.136 e. The summed E-state index contributed by atoms with van der Waals surface area (Å²) < 4.78 is 30.7. The van der Waals surface area contributed by atoms with Gasteiger partial charge >= 0.3 is 0 Å². The maximum Gasteiger partial charge on any atom is 0.136 e. The van der Waals surface area contributed by atoms with Gasteiger partial charge in [0.1, 0.15) is 11.3 Å². The normalized spacial score (nSPS) is 19.6. The van der Waals surface area contributed by atoms with E-state index in [-0.39, 0.29) is 0 Å². The maximum atomic E-state index is 15.4. The highest BCUT2D eigenvalue weighted by Crippen LogP contribution is 2.51. The van der Waals surface area contributed by atoms with Crippen LogP contribution in [-0.2, 0) is 24.2 Å². The van der Waals surface area contributed by atoms with Gasteiger partial charge < -0.3 is 4.90 Å². The Balaban J connectivity index is 1.42. The summed E-state index contributed by atoms with van der Waals surface area (Å²) in [6.07, 6.45) is 6.92. The Labute approximate surface area is 174 Å². The van der Waals surface area contributed by atoms with Crippen molar-refractivity contribution in [2.45, 2.75) is 69.1 Å².